The van der Waals surface area contributed by atoms with Crippen LogP contribution in [0.15, 0.2) is 30.5 Å². The molecule has 2 unspecified atom stereocenters. The first kappa shape index (κ1) is 29.9. The summed E-state index contributed by atoms with van der Waals surface area (Å²) in [4.78, 5) is 25.9. The second-order valence-corrected chi connectivity index (χ2v) is 12.9. The Labute approximate surface area is 259 Å². The molecule has 4 aliphatic rings. The van der Waals surface area contributed by atoms with Crippen LogP contribution in [0.5, 0.6) is 0 Å². The van der Waals surface area contributed by atoms with Crippen LogP contribution in [0, 0.1) is 29.1 Å². The van der Waals surface area contributed by atoms with E-state index in [0.717, 1.165) is 38.0 Å². The van der Waals surface area contributed by atoms with Crippen molar-refractivity contribution in [2.45, 2.75) is 63.6 Å². The Kier molecular flexibility index (Phi) is 9.81. The van der Waals surface area contributed by atoms with Gasteiger partial charge in [0.2, 0.25) is 5.95 Å². The lowest BCUT2D eigenvalue weighted by atomic mass is 9.64. The maximum atomic E-state index is 12.9. The highest BCUT2D eigenvalue weighted by atomic mass is 35.5. The predicted molar refractivity (Wildman–Crippen MR) is 167 cm³/mol. The number of anilines is 2. The first-order valence-corrected chi connectivity index (χ1v) is 16.3. The zero-order valence-electron chi connectivity index (χ0n) is 24.8. The standard InChI is InChI=1S/C32H43ClN8O2/c33-28-7-2-1-4-25(28)20-36-31-37-21-26(18-34)30(39-31)35-19-22-16-23-5-3-6-24(17-22)29(23)38-27-8-10-40(11-9-27)32(42)41-12-14-43-15-13-41/h1-2,4,7,21-24,27,29,38H,3,5-6,8-17,19-20H2,(H2,35,36,37,39)/t22?,23-,24+,29?. The first-order chi connectivity index (χ1) is 21.1. The van der Waals surface area contributed by atoms with Crippen molar-refractivity contribution in [2.24, 2.45) is 17.8 Å². The van der Waals surface area contributed by atoms with Crippen molar-refractivity contribution in [3.05, 3.63) is 46.6 Å². The number of aromatic nitrogens is 2. The van der Waals surface area contributed by atoms with Crippen molar-refractivity contribution >= 4 is 29.4 Å². The van der Waals surface area contributed by atoms with E-state index in [4.69, 9.17) is 16.3 Å². The molecule has 2 saturated heterocycles. The molecule has 2 aliphatic carbocycles. The number of fused-ring (bicyclic) bond motifs is 2. The third-order valence-electron chi connectivity index (χ3n) is 9.78. The number of halogens is 1. The molecule has 2 bridgehead atoms. The van der Waals surface area contributed by atoms with E-state index in [9.17, 15) is 10.1 Å². The van der Waals surface area contributed by atoms with E-state index in [2.05, 4.69) is 32.0 Å². The predicted octanol–water partition coefficient (Wildman–Crippen LogP) is 4.73. The van der Waals surface area contributed by atoms with Crippen LogP contribution >= 0.6 is 11.6 Å². The summed E-state index contributed by atoms with van der Waals surface area (Å²) in [6, 6.07) is 11.1. The summed E-state index contributed by atoms with van der Waals surface area (Å²) in [5, 5.41) is 21.2. The molecule has 230 valence electrons. The Morgan fingerprint density at radius 3 is 2.47 bits per heavy atom. The lowest BCUT2D eigenvalue weighted by Gasteiger charge is -2.48. The van der Waals surface area contributed by atoms with Gasteiger partial charge in [0.25, 0.3) is 0 Å². The Morgan fingerprint density at radius 2 is 1.74 bits per heavy atom. The number of nitriles is 1. The fourth-order valence-electron chi connectivity index (χ4n) is 7.51. The Hall–Kier alpha value is -3.13. The molecular weight excluding hydrogens is 564 g/mol. The summed E-state index contributed by atoms with van der Waals surface area (Å²) in [5.74, 6) is 2.94. The number of urea groups is 1. The maximum absolute atomic E-state index is 12.9. The molecule has 0 radical (unpaired) electrons. The molecule has 2 saturated carbocycles. The Bertz CT molecular complexity index is 1280. The summed E-state index contributed by atoms with van der Waals surface area (Å²) in [7, 11) is 0. The van der Waals surface area contributed by atoms with Gasteiger partial charge in [-0.3, -0.25) is 0 Å². The lowest BCUT2D eigenvalue weighted by Crippen LogP contribution is -2.57. The number of hydrogen-bond donors (Lipinski definition) is 3. The average Bonchev–Trinajstić information content (AvgIpc) is 3.04. The van der Waals surface area contributed by atoms with Gasteiger partial charge in [0, 0.05) is 56.4 Å². The van der Waals surface area contributed by atoms with Crippen molar-refractivity contribution in [2.75, 3.05) is 56.6 Å². The van der Waals surface area contributed by atoms with Crippen LogP contribution in [-0.4, -0.2) is 83.8 Å². The Morgan fingerprint density at radius 1 is 1.02 bits per heavy atom. The Balaban J connectivity index is 0.998. The number of carbonyl (C=O) groups is 1. The van der Waals surface area contributed by atoms with Crippen molar-refractivity contribution in [3.63, 3.8) is 0 Å². The molecule has 2 aromatic rings. The van der Waals surface area contributed by atoms with Gasteiger partial charge in [-0.05, 0) is 67.9 Å². The van der Waals surface area contributed by atoms with Crippen LogP contribution in [0.1, 0.15) is 56.1 Å². The minimum Gasteiger partial charge on any atom is -0.378 e. The van der Waals surface area contributed by atoms with Crippen LogP contribution in [0.4, 0.5) is 16.6 Å². The third kappa shape index (κ3) is 7.34. The molecule has 4 atom stereocenters. The molecule has 4 fully saturated rings. The molecule has 1 aromatic heterocycles. The van der Waals surface area contributed by atoms with Crippen LogP contribution in [0.3, 0.4) is 0 Å². The van der Waals surface area contributed by atoms with Gasteiger partial charge in [0.05, 0.1) is 19.4 Å². The number of amides is 2. The molecule has 1 aromatic carbocycles. The highest BCUT2D eigenvalue weighted by Gasteiger charge is 2.41. The highest BCUT2D eigenvalue weighted by Crippen LogP contribution is 2.43. The lowest BCUT2D eigenvalue weighted by molar-refractivity contribution is 0.0384. The van der Waals surface area contributed by atoms with Gasteiger partial charge in [0.15, 0.2) is 0 Å². The minimum absolute atomic E-state index is 0.179. The topological polar surface area (TPSA) is 118 Å². The smallest absolute Gasteiger partial charge is 0.320 e. The van der Waals surface area contributed by atoms with Gasteiger partial charge >= 0.3 is 6.03 Å². The summed E-state index contributed by atoms with van der Waals surface area (Å²) in [6.07, 6.45) is 9.84. The van der Waals surface area contributed by atoms with E-state index < -0.39 is 0 Å². The number of hydrogen-bond acceptors (Lipinski definition) is 8. The first-order valence-electron chi connectivity index (χ1n) is 15.9. The molecule has 10 nitrogen and oxygen atoms in total. The minimum atomic E-state index is 0.179. The fraction of sp³-hybridized carbons (Fsp3) is 0.625. The number of benzene rings is 1. The molecule has 3 N–H and O–H groups in total. The van der Waals surface area contributed by atoms with Crippen LogP contribution in [-0.2, 0) is 11.3 Å². The van der Waals surface area contributed by atoms with E-state index >= 15 is 0 Å². The van der Waals surface area contributed by atoms with Crippen molar-refractivity contribution in [3.8, 4) is 6.07 Å². The number of carbonyl (C=O) groups excluding carboxylic acids is 1. The van der Waals surface area contributed by atoms with Crippen LogP contribution in [0.25, 0.3) is 0 Å². The molecule has 6 rings (SSSR count). The van der Waals surface area contributed by atoms with Gasteiger partial charge < -0.3 is 30.5 Å². The largest absolute Gasteiger partial charge is 0.378 e. The van der Waals surface area contributed by atoms with Crippen molar-refractivity contribution in [1.82, 2.24) is 25.1 Å². The quantitative estimate of drug-likeness (QED) is 0.395. The van der Waals surface area contributed by atoms with E-state index in [0.29, 0.717) is 85.0 Å². The van der Waals surface area contributed by atoms with E-state index in [1.54, 1.807) is 6.20 Å². The molecule has 11 heteroatoms. The SMILES string of the molecule is N#Cc1cnc(NCc2ccccc2Cl)nc1NCC1C[C@H]2CCC[C@@H](C1)C2NC1CCN(C(=O)N2CCOCC2)CC1. The molecule has 2 amide bonds. The zero-order valence-corrected chi connectivity index (χ0v) is 25.6. The number of rotatable bonds is 8. The second kappa shape index (κ2) is 14.1. The van der Waals surface area contributed by atoms with Gasteiger partial charge in [0.1, 0.15) is 17.5 Å². The summed E-state index contributed by atoms with van der Waals surface area (Å²) in [5.41, 5.74) is 1.42. The van der Waals surface area contributed by atoms with Gasteiger partial charge in [-0.1, -0.05) is 36.2 Å². The number of piperidine rings is 1. The monoisotopic (exact) mass is 606 g/mol. The summed E-state index contributed by atoms with van der Waals surface area (Å²) >= 11 is 6.29. The number of ether oxygens (including phenoxy) is 1. The molecule has 3 heterocycles. The number of nitrogens with zero attached hydrogens (tertiary/aromatic N) is 5. The molecule has 0 spiro atoms. The second-order valence-electron chi connectivity index (χ2n) is 12.5. The van der Waals surface area contributed by atoms with E-state index in [1.165, 1.54) is 32.1 Å². The summed E-state index contributed by atoms with van der Waals surface area (Å²) in [6.45, 7) is 5.67. The van der Waals surface area contributed by atoms with Gasteiger partial charge in [-0.15, -0.1) is 0 Å². The zero-order chi connectivity index (χ0) is 29.6. The van der Waals surface area contributed by atoms with Crippen molar-refractivity contribution in [1.29, 1.82) is 5.26 Å². The van der Waals surface area contributed by atoms with E-state index in [-0.39, 0.29) is 6.03 Å². The molecule has 43 heavy (non-hydrogen) atoms. The fourth-order valence-corrected chi connectivity index (χ4v) is 7.71. The third-order valence-corrected chi connectivity index (χ3v) is 10.1. The average molecular weight is 607 g/mol. The van der Waals surface area contributed by atoms with Crippen LogP contribution in [0.2, 0.25) is 5.02 Å². The van der Waals surface area contributed by atoms with Gasteiger partial charge in [-0.25, -0.2) is 9.78 Å². The van der Waals surface area contributed by atoms with Crippen LogP contribution < -0.4 is 16.0 Å². The normalized spacial score (nSPS) is 26.0. The number of morpholine rings is 1. The number of nitrogens with one attached hydrogen (secondary N) is 3. The molecule has 2 aliphatic heterocycles. The van der Waals surface area contributed by atoms with E-state index in [1.807, 2.05) is 34.1 Å². The summed E-state index contributed by atoms with van der Waals surface area (Å²) < 4.78 is 5.41. The maximum Gasteiger partial charge on any atom is 0.320 e. The number of likely N-dealkylation sites (tertiary alicyclic amines) is 1. The van der Waals surface area contributed by atoms with Gasteiger partial charge in [-0.2, -0.15) is 10.2 Å². The van der Waals surface area contributed by atoms with Crippen molar-refractivity contribution < 1.29 is 9.53 Å². The molecular formula is C32H43ClN8O2. The highest BCUT2D eigenvalue weighted by molar-refractivity contribution is 6.31.